The van der Waals surface area contributed by atoms with Gasteiger partial charge in [0.2, 0.25) is 0 Å². The average molecular weight is 826 g/mol. The second kappa shape index (κ2) is 16.3. The number of anilines is 3. The Kier molecular flexibility index (Phi) is 9.58. The van der Waals surface area contributed by atoms with E-state index in [1.54, 1.807) is 0 Å². The molecule has 12 aromatic carbocycles. The SMILES string of the molecule is c1ccc(-c2ccc(-c3cccc(N(c4ccc(-c5ccc(-c6ccccc6)c6ccccc56)cc4)c4cccc(-c5ccc6c(ccc7ccc8ccccc8c76)c5)c4)c3)cc2)cc1. The summed E-state index contributed by atoms with van der Waals surface area (Å²) in [6.07, 6.45) is 0. The molecule has 0 saturated carbocycles. The van der Waals surface area contributed by atoms with Crippen molar-refractivity contribution < 1.29 is 0 Å². The van der Waals surface area contributed by atoms with Crippen LogP contribution in [-0.4, -0.2) is 0 Å². The molecule has 0 heterocycles. The molecule has 0 aromatic heterocycles. The maximum atomic E-state index is 2.40. The van der Waals surface area contributed by atoms with Crippen LogP contribution in [0.15, 0.2) is 261 Å². The summed E-state index contributed by atoms with van der Waals surface area (Å²) in [5, 5.41) is 10.1. The lowest BCUT2D eigenvalue weighted by Crippen LogP contribution is -2.10. The molecule has 0 saturated heterocycles. The summed E-state index contributed by atoms with van der Waals surface area (Å²) < 4.78 is 0. The number of nitrogens with zero attached hydrogens (tertiary/aromatic N) is 1. The predicted molar refractivity (Wildman–Crippen MR) is 278 cm³/mol. The van der Waals surface area contributed by atoms with Crippen molar-refractivity contribution in [2.75, 3.05) is 4.90 Å². The molecule has 0 unspecified atom stereocenters. The van der Waals surface area contributed by atoms with E-state index in [9.17, 15) is 0 Å². The number of hydrogen-bond donors (Lipinski definition) is 0. The minimum Gasteiger partial charge on any atom is -0.310 e. The molecule has 0 radical (unpaired) electrons. The monoisotopic (exact) mass is 825 g/mol. The standard InChI is InChI=1S/C64H43N/c1-3-13-44(14-4-1)45-25-27-46(28-26-45)51-18-11-20-56(42-51)65(55-36-33-49(34-37-55)59-40-39-58(47-15-5-2-6-16-47)62-23-9-10-24-63(59)62)57-21-12-19-52(43-57)53-35-38-61-54(41-53)32-31-50-30-29-48-17-7-8-22-60(48)64(50)61/h1-43H. The van der Waals surface area contributed by atoms with E-state index in [1.807, 2.05) is 0 Å². The molecular weight excluding hydrogens is 783 g/mol. The van der Waals surface area contributed by atoms with Crippen molar-refractivity contribution in [1.82, 2.24) is 0 Å². The van der Waals surface area contributed by atoms with E-state index in [1.165, 1.54) is 98.7 Å². The molecule has 1 nitrogen and oxygen atoms in total. The number of fused-ring (bicyclic) bond motifs is 6. The van der Waals surface area contributed by atoms with Gasteiger partial charge in [-0.25, -0.2) is 0 Å². The van der Waals surface area contributed by atoms with E-state index in [0.717, 1.165) is 17.1 Å². The van der Waals surface area contributed by atoms with E-state index in [2.05, 4.69) is 266 Å². The van der Waals surface area contributed by atoms with Gasteiger partial charge in [-0.2, -0.15) is 0 Å². The quantitative estimate of drug-likeness (QED) is 0.138. The van der Waals surface area contributed by atoms with Crippen LogP contribution in [0.5, 0.6) is 0 Å². The van der Waals surface area contributed by atoms with E-state index in [0.29, 0.717) is 0 Å². The van der Waals surface area contributed by atoms with Gasteiger partial charge in [0.25, 0.3) is 0 Å². The summed E-state index contributed by atoms with van der Waals surface area (Å²) in [7, 11) is 0. The molecule has 12 aromatic rings. The maximum Gasteiger partial charge on any atom is 0.0467 e. The molecule has 0 aliphatic carbocycles. The van der Waals surface area contributed by atoms with E-state index in [4.69, 9.17) is 0 Å². The van der Waals surface area contributed by atoms with Crippen LogP contribution in [0, 0.1) is 0 Å². The fourth-order valence-corrected chi connectivity index (χ4v) is 9.81. The van der Waals surface area contributed by atoms with Gasteiger partial charge in [-0.05, 0) is 141 Å². The van der Waals surface area contributed by atoms with Gasteiger partial charge in [-0.3, -0.25) is 0 Å². The van der Waals surface area contributed by atoms with Gasteiger partial charge in [0.15, 0.2) is 0 Å². The van der Waals surface area contributed by atoms with Crippen molar-refractivity contribution in [3.05, 3.63) is 261 Å². The highest BCUT2D eigenvalue weighted by Gasteiger charge is 2.17. The molecule has 0 amide bonds. The highest BCUT2D eigenvalue weighted by Crippen LogP contribution is 2.42. The maximum absolute atomic E-state index is 2.40. The van der Waals surface area contributed by atoms with Gasteiger partial charge in [-0.1, -0.05) is 218 Å². The molecule has 0 N–H and O–H groups in total. The van der Waals surface area contributed by atoms with E-state index in [-0.39, 0.29) is 0 Å². The van der Waals surface area contributed by atoms with Crippen LogP contribution in [0.25, 0.3) is 98.7 Å². The Morgan fingerprint density at radius 1 is 0.200 bits per heavy atom. The molecule has 0 aliphatic heterocycles. The summed E-state index contributed by atoms with van der Waals surface area (Å²) in [5.74, 6) is 0. The van der Waals surface area contributed by atoms with Gasteiger partial charge in [0.1, 0.15) is 0 Å². The van der Waals surface area contributed by atoms with Crippen LogP contribution < -0.4 is 4.90 Å². The Morgan fingerprint density at radius 2 is 0.615 bits per heavy atom. The topological polar surface area (TPSA) is 3.24 Å². The van der Waals surface area contributed by atoms with Gasteiger partial charge >= 0.3 is 0 Å². The Labute approximate surface area is 379 Å². The number of benzene rings is 12. The van der Waals surface area contributed by atoms with Gasteiger partial charge in [0, 0.05) is 17.1 Å². The van der Waals surface area contributed by atoms with E-state index < -0.39 is 0 Å². The summed E-state index contributed by atoms with van der Waals surface area (Å²) >= 11 is 0. The number of hydrogen-bond acceptors (Lipinski definition) is 1. The van der Waals surface area contributed by atoms with Crippen molar-refractivity contribution in [3.8, 4) is 55.6 Å². The molecule has 0 aliphatic rings. The minimum absolute atomic E-state index is 1.09. The third-order valence-corrected chi connectivity index (χ3v) is 13.0. The molecule has 0 spiro atoms. The highest BCUT2D eigenvalue weighted by molar-refractivity contribution is 6.20. The lowest BCUT2D eigenvalue weighted by atomic mass is 9.92. The molecule has 12 rings (SSSR count). The molecule has 1 heteroatoms. The highest BCUT2D eigenvalue weighted by atomic mass is 15.1. The third kappa shape index (κ3) is 7.10. The van der Waals surface area contributed by atoms with Crippen molar-refractivity contribution in [2.45, 2.75) is 0 Å². The summed E-state index contributed by atoms with van der Waals surface area (Å²) in [4.78, 5) is 2.40. The molecular formula is C64H43N. The third-order valence-electron chi connectivity index (χ3n) is 13.0. The Bertz CT molecular complexity index is 3680. The summed E-state index contributed by atoms with van der Waals surface area (Å²) in [5.41, 5.74) is 15.3. The second-order valence-electron chi connectivity index (χ2n) is 16.9. The van der Waals surface area contributed by atoms with Crippen molar-refractivity contribution in [3.63, 3.8) is 0 Å². The zero-order chi connectivity index (χ0) is 43.1. The molecule has 65 heavy (non-hydrogen) atoms. The van der Waals surface area contributed by atoms with Crippen molar-refractivity contribution in [2.24, 2.45) is 0 Å². The summed E-state index contributed by atoms with van der Waals surface area (Å²) in [6, 6.07) is 95.2. The van der Waals surface area contributed by atoms with Gasteiger partial charge < -0.3 is 4.90 Å². The molecule has 0 atom stereocenters. The Morgan fingerprint density at radius 3 is 1.26 bits per heavy atom. The average Bonchev–Trinajstić information content (AvgIpc) is 3.39. The number of rotatable bonds is 8. The van der Waals surface area contributed by atoms with Gasteiger partial charge in [-0.15, -0.1) is 0 Å². The Balaban J connectivity index is 0.956. The second-order valence-corrected chi connectivity index (χ2v) is 16.9. The smallest absolute Gasteiger partial charge is 0.0467 e. The first-order valence-electron chi connectivity index (χ1n) is 22.4. The molecule has 0 bridgehead atoms. The predicted octanol–water partition coefficient (Wildman–Crippen LogP) is 18.1. The fourth-order valence-electron chi connectivity index (χ4n) is 9.81. The van der Waals surface area contributed by atoms with Gasteiger partial charge in [0.05, 0.1) is 0 Å². The lowest BCUT2D eigenvalue weighted by Gasteiger charge is -2.27. The zero-order valence-electron chi connectivity index (χ0n) is 35.8. The zero-order valence-corrected chi connectivity index (χ0v) is 35.8. The van der Waals surface area contributed by atoms with Crippen LogP contribution in [0.2, 0.25) is 0 Å². The Hall–Kier alpha value is -8.52. The largest absolute Gasteiger partial charge is 0.310 e. The fraction of sp³-hybridized carbons (Fsp3) is 0. The van der Waals surface area contributed by atoms with Crippen LogP contribution in [-0.2, 0) is 0 Å². The lowest BCUT2D eigenvalue weighted by molar-refractivity contribution is 1.28. The van der Waals surface area contributed by atoms with Crippen LogP contribution >= 0.6 is 0 Å². The first-order valence-corrected chi connectivity index (χ1v) is 22.4. The molecule has 304 valence electrons. The van der Waals surface area contributed by atoms with Crippen LogP contribution in [0.1, 0.15) is 0 Å². The first kappa shape index (κ1) is 38.2. The van der Waals surface area contributed by atoms with Crippen molar-refractivity contribution in [1.29, 1.82) is 0 Å². The van der Waals surface area contributed by atoms with Crippen molar-refractivity contribution >= 4 is 60.2 Å². The first-order chi connectivity index (χ1) is 32.2. The van der Waals surface area contributed by atoms with Crippen LogP contribution in [0.3, 0.4) is 0 Å². The van der Waals surface area contributed by atoms with E-state index >= 15 is 0 Å². The van der Waals surface area contributed by atoms with Crippen LogP contribution in [0.4, 0.5) is 17.1 Å². The minimum atomic E-state index is 1.09. The molecule has 0 fully saturated rings. The summed E-state index contributed by atoms with van der Waals surface area (Å²) in [6.45, 7) is 0. The normalized spacial score (nSPS) is 11.4.